The quantitative estimate of drug-likeness (QED) is 0.518. The molecule has 0 radical (unpaired) electrons. The van der Waals surface area contributed by atoms with Crippen LogP contribution in [-0.2, 0) is 4.79 Å². The number of rotatable bonds is 1. The molecule has 3 heteroatoms. The van der Waals surface area contributed by atoms with Crippen LogP contribution in [0.2, 0.25) is 0 Å². The van der Waals surface area contributed by atoms with Crippen LogP contribution in [0.3, 0.4) is 0 Å². The fraction of sp³-hybridized carbons (Fsp3) is 0.519. The SMILES string of the molecule is CC#C[C@@]1(O)CC[C@@H]2[C@H]3CCC4=CC(=O)CCC4=C3[C@H](c3ccc(N)cc3)C[C@]21C. The summed E-state index contributed by atoms with van der Waals surface area (Å²) in [6, 6.07) is 8.28. The average molecular weight is 402 g/mol. The molecule has 1 aromatic rings. The second kappa shape index (κ2) is 6.86. The van der Waals surface area contributed by atoms with Gasteiger partial charge in [-0.2, -0.15) is 0 Å². The van der Waals surface area contributed by atoms with Gasteiger partial charge in [0.1, 0.15) is 5.60 Å². The lowest BCUT2D eigenvalue weighted by Gasteiger charge is -2.53. The lowest BCUT2D eigenvalue weighted by Crippen LogP contribution is -2.51. The Morgan fingerprint density at radius 1 is 1.13 bits per heavy atom. The Hall–Kier alpha value is -2.31. The van der Waals surface area contributed by atoms with Crippen LogP contribution in [0, 0.1) is 29.1 Å². The Balaban J connectivity index is 1.69. The molecule has 0 aromatic heterocycles. The van der Waals surface area contributed by atoms with Gasteiger partial charge in [-0.15, -0.1) is 5.92 Å². The second-order valence-electron chi connectivity index (χ2n) is 9.94. The van der Waals surface area contributed by atoms with Crippen molar-refractivity contribution in [2.75, 3.05) is 5.73 Å². The van der Waals surface area contributed by atoms with E-state index in [2.05, 4.69) is 30.9 Å². The van der Waals surface area contributed by atoms with Crippen molar-refractivity contribution >= 4 is 11.5 Å². The number of fused-ring (bicyclic) bond motifs is 4. The zero-order valence-electron chi connectivity index (χ0n) is 18.0. The molecule has 2 fully saturated rings. The highest BCUT2D eigenvalue weighted by atomic mass is 16.3. The molecule has 4 aliphatic carbocycles. The smallest absolute Gasteiger partial charge is 0.156 e. The fourth-order valence-corrected chi connectivity index (χ4v) is 7.10. The zero-order valence-corrected chi connectivity index (χ0v) is 18.0. The lowest BCUT2D eigenvalue weighted by molar-refractivity contribution is -0.114. The molecule has 0 unspecified atom stereocenters. The molecule has 3 nitrogen and oxygen atoms in total. The topological polar surface area (TPSA) is 63.3 Å². The van der Waals surface area contributed by atoms with E-state index in [-0.39, 0.29) is 17.1 Å². The minimum absolute atomic E-state index is 0.234. The average Bonchev–Trinajstić information content (AvgIpc) is 2.98. The van der Waals surface area contributed by atoms with Crippen LogP contribution >= 0.6 is 0 Å². The monoisotopic (exact) mass is 401 g/mol. The second-order valence-corrected chi connectivity index (χ2v) is 9.94. The molecule has 2 saturated carbocycles. The van der Waals surface area contributed by atoms with Crippen LogP contribution in [0.15, 0.2) is 47.1 Å². The molecule has 0 heterocycles. The Morgan fingerprint density at radius 3 is 2.63 bits per heavy atom. The van der Waals surface area contributed by atoms with Crippen molar-refractivity contribution in [2.24, 2.45) is 17.3 Å². The summed E-state index contributed by atoms with van der Waals surface area (Å²) in [4.78, 5) is 12.1. The first kappa shape index (κ1) is 19.6. The molecule has 4 aliphatic rings. The van der Waals surface area contributed by atoms with Crippen molar-refractivity contribution < 1.29 is 9.90 Å². The van der Waals surface area contributed by atoms with Gasteiger partial charge in [0.2, 0.25) is 0 Å². The predicted molar refractivity (Wildman–Crippen MR) is 120 cm³/mol. The Bertz CT molecular complexity index is 1020. The van der Waals surface area contributed by atoms with Gasteiger partial charge in [-0.1, -0.05) is 30.6 Å². The van der Waals surface area contributed by atoms with Gasteiger partial charge in [0, 0.05) is 23.4 Å². The summed E-state index contributed by atoms with van der Waals surface area (Å²) < 4.78 is 0. The first-order chi connectivity index (χ1) is 14.4. The van der Waals surface area contributed by atoms with Gasteiger partial charge in [-0.05, 0) is 92.2 Å². The zero-order chi connectivity index (χ0) is 21.1. The van der Waals surface area contributed by atoms with E-state index in [1.165, 1.54) is 16.7 Å². The van der Waals surface area contributed by atoms with Crippen LogP contribution < -0.4 is 5.73 Å². The summed E-state index contributed by atoms with van der Waals surface area (Å²) in [5.74, 6) is 7.64. The van der Waals surface area contributed by atoms with E-state index in [1.54, 1.807) is 5.57 Å². The van der Waals surface area contributed by atoms with Gasteiger partial charge >= 0.3 is 0 Å². The summed E-state index contributed by atoms with van der Waals surface area (Å²) >= 11 is 0. The molecule has 0 saturated heterocycles. The fourth-order valence-electron chi connectivity index (χ4n) is 7.10. The van der Waals surface area contributed by atoms with E-state index in [1.807, 2.05) is 25.1 Å². The Kier molecular flexibility index (Phi) is 4.49. The van der Waals surface area contributed by atoms with E-state index in [4.69, 9.17) is 5.73 Å². The number of nitrogen functional groups attached to an aromatic ring is 1. The maximum Gasteiger partial charge on any atom is 0.156 e. The number of carbonyl (C=O) groups excluding carboxylic acids is 1. The van der Waals surface area contributed by atoms with E-state index in [0.29, 0.717) is 18.3 Å². The Labute approximate surface area is 179 Å². The number of hydrogen-bond acceptors (Lipinski definition) is 3. The molecule has 0 amide bonds. The summed E-state index contributed by atoms with van der Waals surface area (Å²) in [6.07, 6.45) is 8.11. The number of benzene rings is 1. The summed E-state index contributed by atoms with van der Waals surface area (Å²) in [7, 11) is 0. The van der Waals surface area contributed by atoms with Crippen molar-refractivity contribution in [2.45, 2.75) is 70.3 Å². The first-order valence-corrected chi connectivity index (χ1v) is 11.3. The van der Waals surface area contributed by atoms with Gasteiger partial charge in [0.15, 0.2) is 5.78 Å². The molecule has 5 atom stereocenters. The van der Waals surface area contributed by atoms with E-state index in [9.17, 15) is 9.90 Å². The van der Waals surface area contributed by atoms with E-state index in [0.717, 1.165) is 44.2 Å². The predicted octanol–water partition coefficient (Wildman–Crippen LogP) is 4.92. The minimum Gasteiger partial charge on any atom is -0.399 e. The molecule has 156 valence electrons. The number of nitrogens with two attached hydrogens (primary N) is 1. The van der Waals surface area contributed by atoms with Crippen molar-refractivity contribution in [1.29, 1.82) is 0 Å². The maximum absolute atomic E-state index is 12.1. The van der Waals surface area contributed by atoms with Crippen molar-refractivity contribution in [3.63, 3.8) is 0 Å². The summed E-state index contributed by atoms with van der Waals surface area (Å²) in [6.45, 7) is 4.11. The molecule has 0 bridgehead atoms. The van der Waals surface area contributed by atoms with Gasteiger partial charge in [0.05, 0.1) is 0 Å². The molecule has 1 aromatic carbocycles. The van der Waals surface area contributed by atoms with Crippen LogP contribution in [-0.4, -0.2) is 16.5 Å². The molecule has 0 spiro atoms. The largest absolute Gasteiger partial charge is 0.399 e. The molecule has 5 rings (SSSR count). The Morgan fingerprint density at radius 2 is 1.90 bits per heavy atom. The normalized spacial score (nSPS) is 37.5. The van der Waals surface area contributed by atoms with Crippen molar-refractivity contribution in [3.05, 3.63) is 52.6 Å². The van der Waals surface area contributed by atoms with Crippen molar-refractivity contribution in [1.82, 2.24) is 0 Å². The molecule has 30 heavy (non-hydrogen) atoms. The number of aliphatic hydroxyl groups is 1. The highest BCUT2D eigenvalue weighted by Crippen LogP contribution is 2.66. The highest BCUT2D eigenvalue weighted by molar-refractivity contribution is 5.93. The number of anilines is 1. The molecular weight excluding hydrogens is 370 g/mol. The summed E-state index contributed by atoms with van der Waals surface area (Å²) in [5.41, 5.74) is 11.1. The third kappa shape index (κ3) is 2.73. The molecule has 0 aliphatic heterocycles. The van der Waals surface area contributed by atoms with Gasteiger partial charge in [0.25, 0.3) is 0 Å². The molecule has 3 N–H and O–H groups in total. The standard InChI is InChI=1S/C27H31NO2/c1-3-13-27(30)14-12-24-22-10-6-18-15-20(29)9-11-21(18)25(22)23(16-26(24,27)2)17-4-7-19(28)8-5-17/h4-5,7-8,15,22-24,30H,6,9-12,14,16,28H2,1-2H3/t22-,23+,24-,26-,27-/m1/s1. The number of carbonyl (C=O) groups is 1. The maximum atomic E-state index is 12.1. The number of hydrogen-bond donors (Lipinski definition) is 2. The van der Waals surface area contributed by atoms with Gasteiger partial charge in [-0.25, -0.2) is 0 Å². The van der Waals surface area contributed by atoms with Crippen molar-refractivity contribution in [3.8, 4) is 11.8 Å². The van der Waals surface area contributed by atoms with E-state index < -0.39 is 5.60 Å². The van der Waals surface area contributed by atoms with Gasteiger partial charge in [-0.3, -0.25) is 4.79 Å². The molecular formula is C27H31NO2. The highest BCUT2D eigenvalue weighted by Gasteiger charge is 2.62. The van der Waals surface area contributed by atoms with Crippen LogP contribution in [0.1, 0.15) is 70.3 Å². The minimum atomic E-state index is -0.923. The van der Waals surface area contributed by atoms with Crippen LogP contribution in [0.5, 0.6) is 0 Å². The van der Waals surface area contributed by atoms with Gasteiger partial charge < -0.3 is 10.8 Å². The third-order valence-corrected chi connectivity index (χ3v) is 8.56. The number of ketones is 1. The lowest BCUT2D eigenvalue weighted by atomic mass is 9.51. The van der Waals surface area contributed by atoms with Crippen LogP contribution in [0.4, 0.5) is 5.69 Å². The van der Waals surface area contributed by atoms with E-state index >= 15 is 0 Å². The third-order valence-electron chi connectivity index (χ3n) is 8.56. The number of allylic oxidation sites excluding steroid dienone is 4. The summed E-state index contributed by atoms with van der Waals surface area (Å²) in [5, 5.41) is 11.6. The first-order valence-electron chi connectivity index (χ1n) is 11.3. The van der Waals surface area contributed by atoms with Crippen LogP contribution in [0.25, 0.3) is 0 Å².